The van der Waals surface area contributed by atoms with Crippen molar-refractivity contribution in [1.29, 1.82) is 0 Å². The first-order valence-electron chi connectivity index (χ1n) is 5.51. The van der Waals surface area contributed by atoms with Crippen LogP contribution in [0.3, 0.4) is 0 Å². The van der Waals surface area contributed by atoms with Crippen molar-refractivity contribution in [2.24, 2.45) is 5.73 Å². The van der Waals surface area contributed by atoms with Gasteiger partial charge in [0.15, 0.2) is 0 Å². The minimum absolute atomic E-state index is 0.0835. The highest BCUT2D eigenvalue weighted by molar-refractivity contribution is 7.80. The average molecular weight is 296 g/mol. The summed E-state index contributed by atoms with van der Waals surface area (Å²) in [5.41, 5.74) is 6.81. The van der Waals surface area contributed by atoms with Crippen LogP contribution in [0.4, 0.5) is 4.39 Å². The number of halogens is 2. The van der Waals surface area contributed by atoms with E-state index in [0.29, 0.717) is 22.1 Å². The molecule has 0 amide bonds. The Morgan fingerprint density at radius 3 is 2.63 bits per heavy atom. The lowest BCUT2D eigenvalue weighted by molar-refractivity contribution is 0.479. The van der Waals surface area contributed by atoms with Crippen LogP contribution >= 0.6 is 23.8 Å². The van der Waals surface area contributed by atoms with Crippen molar-refractivity contribution in [1.82, 2.24) is 0 Å². The summed E-state index contributed by atoms with van der Waals surface area (Å²) in [5.74, 6) is 0.587. The molecule has 0 aliphatic heterocycles. The number of hydrogen-bond acceptors (Lipinski definition) is 2. The van der Waals surface area contributed by atoms with Crippen molar-refractivity contribution in [2.75, 3.05) is 0 Å². The lowest BCUT2D eigenvalue weighted by Gasteiger charge is -2.11. The third kappa shape index (κ3) is 3.22. The van der Waals surface area contributed by atoms with Crippen LogP contribution in [0.5, 0.6) is 11.5 Å². The summed E-state index contributed by atoms with van der Waals surface area (Å²) in [6, 6.07) is 9.28. The Morgan fingerprint density at radius 2 is 2.00 bits per heavy atom. The number of hydrogen-bond donors (Lipinski definition) is 1. The van der Waals surface area contributed by atoms with E-state index in [1.807, 2.05) is 6.92 Å². The van der Waals surface area contributed by atoms with Crippen LogP contribution in [0, 0.1) is 12.7 Å². The summed E-state index contributed by atoms with van der Waals surface area (Å²) in [6.07, 6.45) is 0. The molecule has 0 aliphatic rings. The fraction of sp³-hybridized carbons (Fsp3) is 0.0714. The number of aryl methyl sites for hydroxylation is 1. The molecular formula is C14H11ClFNOS. The van der Waals surface area contributed by atoms with Crippen molar-refractivity contribution in [3.05, 3.63) is 58.4 Å². The van der Waals surface area contributed by atoms with Gasteiger partial charge in [-0.3, -0.25) is 0 Å². The highest BCUT2D eigenvalue weighted by atomic mass is 35.5. The second kappa shape index (κ2) is 5.55. The number of rotatable bonds is 3. The topological polar surface area (TPSA) is 35.2 Å². The summed E-state index contributed by atoms with van der Waals surface area (Å²) in [7, 11) is 0. The Hall–Kier alpha value is -1.65. The van der Waals surface area contributed by atoms with Crippen molar-refractivity contribution < 1.29 is 9.13 Å². The van der Waals surface area contributed by atoms with Crippen LogP contribution in [0.25, 0.3) is 0 Å². The maximum atomic E-state index is 13.2. The van der Waals surface area contributed by atoms with E-state index in [1.165, 1.54) is 18.2 Å². The third-order valence-corrected chi connectivity index (χ3v) is 3.21. The smallest absolute Gasteiger partial charge is 0.137 e. The molecule has 0 saturated carbocycles. The molecule has 5 heteroatoms. The molecule has 0 saturated heterocycles. The maximum Gasteiger partial charge on any atom is 0.137 e. The van der Waals surface area contributed by atoms with E-state index in [9.17, 15) is 4.39 Å². The second-order valence-electron chi connectivity index (χ2n) is 4.02. The van der Waals surface area contributed by atoms with Crippen LogP contribution in [0.2, 0.25) is 5.02 Å². The fourth-order valence-corrected chi connectivity index (χ4v) is 1.87. The van der Waals surface area contributed by atoms with Crippen molar-refractivity contribution in [2.45, 2.75) is 6.92 Å². The van der Waals surface area contributed by atoms with Crippen LogP contribution in [0.15, 0.2) is 36.4 Å². The predicted octanol–water partition coefficient (Wildman–Crippen LogP) is 4.21. The maximum absolute atomic E-state index is 13.2. The molecule has 0 unspecified atom stereocenters. The first-order chi connectivity index (χ1) is 8.97. The number of thiocarbonyl (C=S) groups is 1. The monoisotopic (exact) mass is 295 g/mol. The van der Waals surface area contributed by atoms with Gasteiger partial charge in [0.05, 0.1) is 5.56 Å². The van der Waals surface area contributed by atoms with E-state index in [4.69, 9.17) is 34.3 Å². The lowest BCUT2D eigenvalue weighted by atomic mass is 10.2. The van der Waals surface area contributed by atoms with Gasteiger partial charge in [0.25, 0.3) is 0 Å². The summed E-state index contributed by atoms with van der Waals surface area (Å²) >= 11 is 10.8. The summed E-state index contributed by atoms with van der Waals surface area (Å²) in [5, 5.41) is 0.654. The van der Waals surface area contributed by atoms with Crippen LogP contribution in [-0.4, -0.2) is 4.99 Å². The Labute approximate surface area is 120 Å². The van der Waals surface area contributed by atoms with E-state index in [-0.39, 0.29) is 4.99 Å². The minimum Gasteiger partial charge on any atom is -0.457 e. The molecule has 2 nitrogen and oxygen atoms in total. The molecule has 0 spiro atoms. The summed E-state index contributed by atoms with van der Waals surface area (Å²) in [4.78, 5) is 0.0835. The van der Waals surface area contributed by atoms with Gasteiger partial charge in [-0.1, -0.05) is 23.8 Å². The Kier molecular flexibility index (Phi) is 4.02. The van der Waals surface area contributed by atoms with Gasteiger partial charge in [-0.15, -0.1) is 0 Å². The third-order valence-electron chi connectivity index (χ3n) is 2.56. The van der Waals surface area contributed by atoms with E-state index in [2.05, 4.69) is 0 Å². The Bertz CT molecular complexity index is 645. The average Bonchev–Trinajstić information content (AvgIpc) is 2.36. The normalized spacial score (nSPS) is 10.3. The SMILES string of the molecule is Cc1cc(Oc2ccc(F)cc2C(N)=S)ccc1Cl. The zero-order valence-electron chi connectivity index (χ0n) is 10.1. The second-order valence-corrected chi connectivity index (χ2v) is 4.86. The molecule has 2 aromatic rings. The molecule has 0 fully saturated rings. The zero-order valence-corrected chi connectivity index (χ0v) is 11.7. The van der Waals surface area contributed by atoms with E-state index in [0.717, 1.165) is 5.56 Å². The van der Waals surface area contributed by atoms with Gasteiger partial charge in [-0.05, 0) is 48.9 Å². The molecule has 2 rings (SSSR count). The quantitative estimate of drug-likeness (QED) is 0.861. The van der Waals surface area contributed by atoms with E-state index < -0.39 is 5.82 Å². The Morgan fingerprint density at radius 1 is 1.26 bits per heavy atom. The highest BCUT2D eigenvalue weighted by Crippen LogP contribution is 2.28. The molecule has 0 atom stereocenters. The number of nitrogens with two attached hydrogens (primary N) is 1. The van der Waals surface area contributed by atoms with Gasteiger partial charge >= 0.3 is 0 Å². The number of benzene rings is 2. The van der Waals surface area contributed by atoms with Gasteiger partial charge in [-0.25, -0.2) is 4.39 Å². The van der Waals surface area contributed by atoms with Gasteiger partial charge in [0.2, 0.25) is 0 Å². The van der Waals surface area contributed by atoms with Crippen molar-refractivity contribution in [3.8, 4) is 11.5 Å². The largest absolute Gasteiger partial charge is 0.457 e. The zero-order chi connectivity index (χ0) is 14.0. The molecule has 2 N–H and O–H groups in total. The fourth-order valence-electron chi connectivity index (χ4n) is 1.59. The molecule has 0 radical (unpaired) electrons. The summed E-state index contributed by atoms with van der Waals surface area (Å²) < 4.78 is 18.8. The molecule has 19 heavy (non-hydrogen) atoms. The van der Waals surface area contributed by atoms with Gasteiger partial charge < -0.3 is 10.5 Å². The first kappa shape index (κ1) is 13.8. The minimum atomic E-state index is -0.414. The van der Waals surface area contributed by atoms with Gasteiger partial charge in [-0.2, -0.15) is 0 Å². The molecule has 0 heterocycles. The van der Waals surface area contributed by atoms with Gasteiger partial charge in [0, 0.05) is 5.02 Å². The van der Waals surface area contributed by atoms with Crippen LogP contribution in [0.1, 0.15) is 11.1 Å². The van der Waals surface area contributed by atoms with Crippen LogP contribution in [-0.2, 0) is 0 Å². The van der Waals surface area contributed by atoms with Crippen LogP contribution < -0.4 is 10.5 Å². The number of ether oxygens (including phenoxy) is 1. The highest BCUT2D eigenvalue weighted by Gasteiger charge is 2.09. The van der Waals surface area contributed by atoms with E-state index >= 15 is 0 Å². The standard InChI is InChI=1S/C14H11ClFNOS/c1-8-6-10(3-4-12(8)15)18-13-5-2-9(16)7-11(13)14(17)19/h2-7H,1H3,(H2,17,19). The predicted molar refractivity (Wildman–Crippen MR) is 78.6 cm³/mol. The molecule has 0 aromatic heterocycles. The lowest BCUT2D eigenvalue weighted by Crippen LogP contribution is -2.11. The van der Waals surface area contributed by atoms with Crippen molar-refractivity contribution in [3.63, 3.8) is 0 Å². The summed E-state index contributed by atoms with van der Waals surface area (Å²) in [6.45, 7) is 1.87. The van der Waals surface area contributed by atoms with Gasteiger partial charge in [0.1, 0.15) is 22.3 Å². The molecule has 2 aromatic carbocycles. The van der Waals surface area contributed by atoms with E-state index in [1.54, 1.807) is 18.2 Å². The molecule has 98 valence electrons. The van der Waals surface area contributed by atoms with Crippen molar-refractivity contribution >= 4 is 28.8 Å². The first-order valence-corrected chi connectivity index (χ1v) is 6.29. The molecule has 0 aliphatic carbocycles. The Balaban J connectivity index is 2.37. The molecule has 0 bridgehead atoms. The molecular weight excluding hydrogens is 285 g/mol.